The van der Waals surface area contributed by atoms with Crippen molar-refractivity contribution in [2.75, 3.05) is 11.9 Å². The van der Waals surface area contributed by atoms with Gasteiger partial charge in [0.2, 0.25) is 5.91 Å². The quantitative estimate of drug-likeness (QED) is 0.768. The number of anilines is 1. The van der Waals surface area contributed by atoms with Crippen LogP contribution in [0.5, 0.6) is 0 Å². The maximum atomic E-state index is 12.1. The maximum absolute atomic E-state index is 12.1. The largest absolute Gasteiger partial charge is 0.338 e. The number of rotatable bonds is 5. The fraction of sp³-hybridized carbons (Fsp3) is 0.300. The second-order valence-corrected chi connectivity index (χ2v) is 7.42. The number of likely N-dealkylation sites (tertiary alicyclic amines) is 1. The Morgan fingerprint density at radius 2 is 2.00 bits per heavy atom. The molecule has 0 aromatic heterocycles. The molecule has 0 aliphatic carbocycles. The number of halogens is 1. The molecule has 3 amide bonds. The molecule has 1 heterocycles. The minimum atomic E-state index is -0.240. The molecule has 0 radical (unpaired) electrons. The average Bonchev–Trinajstić information content (AvgIpc) is 3.01. The van der Waals surface area contributed by atoms with E-state index in [9.17, 15) is 9.59 Å². The van der Waals surface area contributed by atoms with Crippen molar-refractivity contribution in [2.45, 2.75) is 32.9 Å². The number of carbonyl (C=O) groups excluding carboxylic acids is 2. The lowest BCUT2D eigenvalue weighted by atomic mass is 10.1. The average molecular weight is 416 g/mol. The fourth-order valence-corrected chi connectivity index (χ4v) is 3.52. The molecule has 136 valence electrons. The predicted octanol–water partition coefficient (Wildman–Crippen LogP) is 4.20. The minimum absolute atomic E-state index is 0.220. The molecular weight excluding hydrogens is 394 g/mol. The molecule has 2 aromatic rings. The number of hydrogen-bond donors (Lipinski definition) is 2. The van der Waals surface area contributed by atoms with Crippen molar-refractivity contribution in [1.29, 1.82) is 0 Å². The number of carbonyl (C=O) groups is 2. The van der Waals surface area contributed by atoms with E-state index in [1.807, 2.05) is 54.3 Å². The van der Waals surface area contributed by atoms with Crippen LogP contribution in [0.2, 0.25) is 0 Å². The van der Waals surface area contributed by atoms with Crippen molar-refractivity contribution in [1.82, 2.24) is 10.2 Å². The predicted molar refractivity (Wildman–Crippen MR) is 106 cm³/mol. The summed E-state index contributed by atoms with van der Waals surface area (Å²) in [5.41, 5.74) is 3.87. The minimum Gasteiger partial charge on any atom is -0.338 e. The standard InChI is InChI=1S/C20H22BrN3O2/c1-14-10-17(21)7-8-18(14)23-20(26)22-12-15-4-2-5-16(11-15)13-24-9-3-6-19(24)25/h2,4-5,7-8,10-11H,3,6,9,12-13H2,1H3,(H2,22,23,26). The van der Waals surface area contributed by atoms with E-state index in [1.165, 1.54) is 0 Å². The molecule has 0 bridgehead atoms. The van der Waals surface area contributed by atoms with Crippen LogP contribution in [0.4, 0.5) is 10.5 Å². The van der Waals surface area contributed by atoms with Gasteiger partial charge in [0.15, 0.2) is 0 Å². The molecule has 1 aliphatic rings. The second-order valence-electron chi connectivity index (χ2n) is 6.51. The Morgan fingerprint density at radius 1 is 1.19 bits per heavy atom. The normalized spacial score (nSPS) is 13.8. The Balaban J connectivity index is 1.54. The molecule has 2 aromatic carbocycles. The van der Waals surface area contributed by atoms with Gasteiger partial charge < -0.3 is 15.5 Å². The highest BCUT2D eigenvalue weighted by Gasteiger charge is 2.19. The molecule has 26 heavy (non-hydrogen) atoms. The second kappa shape index (κ2) is 8.36. The zero-order valence-electron chi connectivity index (χ0n) is 14.7. The van der Waals surface area contributed by atoms with Gasteiger partial charge in [-0.25, -0.2) is 4.79 Å². The summed E-state index contributed by atoms with van der Waals surface area (Å²) in [5, 5.41) is 5.74. The zero-order valence-corrected chi connectivity index (χ0v) is 16.3. The van der Waals surface area contributed by atoms with Gasteiger partial charge in [-0.2, -0.15) is 0 Å². The van der Waals surface area contributed by atoms with E-state index >= 15 is 0 Å². The number of nitrogens with zero attached hydrogens (tertiary/aromatic N) is 1. The number of nitrogens with one attached hydrogen (secondary N) is 2. The van der Waals surface area contributed by atoms with Gasteiger partial charge in [0.05, 0.1) is 0 Å². The Hall–Kier alpha value is -2.34. The first-order valence-electron chi connectivity index (χ1n) is 8.68. The summed E-state index contributed by atoms with van der Waals surface area (Å²) in [6.45, 7) is 3.85. The molecular formula is C20H22BrN3O2. The number of amides is 3. The summed E-state index contributed by atoms with van der Waals surface area (Å²) < 4.78 is 0.981. The maximum Gasteiger partial charge on any atom is 0.319 e. The topological polar surface area (TPSA) is 61.4 Å². The molecule has 0 atom stereocenters. The van der Waals surface area contributed by atoms with Crippen molar-refractivity contribution in [2.24, 2.45) is 0 Å². The van der Waals surface area contributed by atoms with Crippen molar-refractivity contribution < 1.29 is 9.59 Å². The van der Waals surface area contributed by atoms with E-state index in [4.69, 9.17) is 0 Å². The van der Waals surface area contributed by atoms with Crippen LogP contribution in [-0.2, 0) is 17.9 Å². The van der Waals surface area contributed by atoms with E-state index in [1.54, 1.807) is 0 Å². The summed E-state index contributed by atoms with van der Waals surface area (Å²) in [6.07, 6.45) is 1.59. The number of hydrogen-bond acceptors (Lipinski definition) is 2. The first kappa shape index (κ1) is 18.5. The van der Waals surface area contributed by atoms with Crippen LogP contribution in [0, 0.1) is 6.92 Å². The van der Waals surface area contributed by atoms with Gasteiger partial charge in [0.1, 0.15) is 0 Å². The van der Waals surface area contributed by atoms with Crippen LogP contribution in [0.15, 0.2) is 46.9 Å². The highest BCUT2D eigenvalue weighted by molar-refractivity contribution is 9.10. The number of aryl methyl sites for hydroxylation is 1. The SMILES string of the molecule is Cc1cc(Br)ccc1NC(=O)NCc1cccc(CN2CCCC2=O)c1. The molecule has 3 rings (SSSR count). The fourth-order valence-electron chi connectivity index (χ4n) is 3.05. The third-order valence-electron chi connectivity index (χ3n) is 4.43. The number of urea groups is 1. The van der Waals surface area contributed by atoms with E-state index < -0.39 is 0 Å². The van der Waals surface area contributed by atoms with Gasteiger partial charge >= 0.3 is 6.03 Å². The highest BCUT2D eigenvalue weighted by Crippen LogP contribution is 2.20. The van der Waals surface area contributed by atoms with Crippen LogP contribution in [0.3, 0.4) is 0 Å². The molecule has 6 heteroatoms. The van der Waals surface area contributed by atoms with Crippen LogP contribution >= 0.6 is 15.9 Å². The number of benzene rings is 2. The Morgan fingerprint density at radius 3 is 2.73 bits per heavy atom. The van der Waals surface area contributed by atoms with E-state index in [-0.39, 0.29) is 11.9 Å². The first-order chi connectivity index (χ1) is 12.5. The molecule has 0 spiro atoms. The monoisotopic (exact) mass is 415 g/mol. The third kappa shape index (κ3) is 4.85. The smallest absolute Gasteiger partial charge is 0.319 e. The Kier molecular flexibility index (Phi) is 5.93. The Labute approximate surface area is 161 Å². The lowest BCUT2D eigenvalue weighted by molar-refractivity contribution is -0.128. The van der Waals surface area contributed by atoms with Gasteiger partial charge in [-0.05, 0) is 48.2 Å². The summed E-state index contributed by atoms with van der Waals surface area (Å²) in [5.74, 6) is 0.220. The van der Waals surface area contributed by atoms with Crippen LogP contribution in [0.1, 0.15) is 29.5 Å². The zero-order chi connectivity index (χ0) is 18.5. The lowest BCUT2D eigenvalue weighted by Gasteiger charge is -2.16. The van der Waals surface area contributed by atoms with Gasteiger partial charge in [0.25, 0.3) is 0 Å². The summed E-state index contributed by atoms with van der Waals surface area (Å²) in [7, 11) is 0. The van der Waals surface area contributed by atoms with E-state index in [0.29, 0.717) is 19.5 Å². The molecule has 2 N–H and O–H groups in total. The van der Waals surface area contributed by atoms with Gasteiger partial charge in [-0.15, -0.1) is 0 Å². The van der Waals surface area contributed by atoms with Crippen molar-refractivity contribution in [3.05, 3.63) is 63.6 Å². The molecule has 1 saturated heterocycles. The Bertz CT molecular complexity index is 822. The molecule has 5 nitrogen and oxygen atoms in total. The van der Waals surface area contributed by atoms with Gasteiger partial charge in [-0.3, -0.25) is 4.79 Å². The van der Waals surface area contributed by atoms with E-state index in [2.05, 4.69) is 26.6 Å². The highest BCUT2D eigenvalue weighted by atomic mass is 79.9. The summed E-state index contributed by atoms with van der Waals surface area (Å²) in [4.78, 5) is 25.8. The molecule has 1 fully saturated rings. The first-order valence-corrected chi connectivity index (χ1v) is 9.47. The lowest BCUT2D eigenvalue weighted by Crippen LogP contribution is -2.28. The molecule has 0 saturated carbocycles. The summed E-state index contributed by atoms with van der Waals surface area (Å²) >= 11 is 3.41. The van der Waals surface area contributed by atoms with E-state index in [0.717, 1.165) is 39.8 Å². The van der Waals surface area contributed by atoms with Gasteiger partial charge in [0, 0.05) is 36.2 Å². The summed E-state index contributed by atoms with van der Waals surface area (Å²) in [6, 6.07) is 13.5. The third-order valence-corrected chi connectivity index (χ3v) is 4.92. The van der Waals surface area contributed by atoms with Crippen LogP contribution < -0.4 is 10.6 Å². The van der Waals surface area contributed by atoms with Crippen LogP contribution in [-0.4, -0.2) is 23.4 Å². The van der Waals surface area contributed by atoms with Crippen molar-refractivity contribution in [3.63, 3.8) is 0 Å². The van der Waals surface area contributed by atoms with Gasteiger partial charge in [-0.1, -0.05) is 40.2 Å². The molecule has 0 unspecified atom stereocenters. The van der Waals surface area contributed by atoms with Crippen LogP contribution in [0.25, 0.3) is 0 Å². The van der Waals surface area contributed by atoms with Crippen molar-refractivity contribution in [3.8, 4) is 0 Å². The molecule has 1 aliphatic heterocycles. The van der Waals surface area contributed by atoms with Crippen molar-refractivity contribution >= 4 is 33.6 Å².